The fourth-order valence-corrected chi connectivity index (χ4v) is 1.26. The molecule has 0 radical (unpaired) electrons. The lowest BCUT2D eigenvalue weighted by Crippen LogP contribution is -2.29. The molecule has 1 heterocycles. The molecular formula is C8H16O. The molecule has 1 rings (SSSR count). The Balaban J connectivity index is 2.51. The van der Waals surface area contributed by atoms with Crippen LogP contribution in [0.4, 0.5) is 0 Å². The zero-order valence-electron chi connectivity index (χ0n) is 6.61. The summed E-state index contributed by atoms with van der Waals surface area (Å²) in [6.45, 7) is 7.63. The van der Waals surface area contributed by atoms with Crippen molar-refractivity contribution in [3.63, 3.8) is 0 Å². The van der Waals surface area contributed by atoms with Crippen LogP contribution < -0.4 is 0 Å². The number of ether oxygens (including phenoxy) is 1. The lowest BCUT2D eigenvalue weighted by atomic mass is 9.90. The fraction of sp³-hybridized carbons (Fsp3) is 1.00. The van der Waals surface area contributed by atoms with Crippen LogP contribution in [0.3, 0.4) is 0 Å². The lowest BCUT2D eigenvalue weighted by molar-refractivity contribution is -0.0170. The molecule has 0 aromatic carbocycles. The minimum absolute atomic E-state index is 0.194. The Labute approximate surface area is 57.4 Å². The molecule has 0 unspecified atom stereocenters. The second-order valence-electron chi connectivity index (χ2n) is 3.42. The van der Waals surface area contributed by atoms with Crippen LogP contribution in [0.15, 0.2) is 0 Å². The second kappa shape index (κ2) is 2.30. The average molecular weight is 128 g/mol. The van der Waals surface area contributed by atoms with E-state index in [2.05, 4.69) is 20.8 Å². The first kappa shape index (κ1) is 7.07. The molecule has 0 saturated carbocycles. The molecule has 0 amide bonds. The van der Waals surface area contributed by atoms with Crippen LogP contribution in [0.25, 0.3) is 0 Å². The van der Waals surface area contributed by atoms with Crippen molar-refractivity contribution in [1.82, 2.24) is 0 Å². The first-order valence-corrected chi connectivity index (χ1v) is 3.79. The van der Waals surface area contributed by atoms with Crippen molar-refractivity contribution in [3.05, 3.63) is 0 Å². The molecular weight excluding hydrogens is 112 g/mol. The molecule has 9 heavy (non-hydrogen) atoms. The Morgan fingerprint density at radius 2 is 2.11 bits per heavy atom. The highest BCUT2D eigenvalue weighted by Crippen LogP contribution is 2.31. The van der Waals surface area contributed by atoms with Gasteiger partial charge >= 0.3 is 0 Å². The molecule has 0 aliphatic carbocycles. The molecule has 1 heteroatoms. The summed E-state index contributed by atoms with van der Waals surface area (Å²) < 4.78 is 5.60. The molecule has 54 valence electrons. The molecule has 0 aromatic rings. The van der Waals surface area contributed by atoms with Crippen molar-refractivity contribution in [2.75, 3.05) is 6.61 Å². The van der Waals surface area contributed by atoms with Crippen LogP contribution in [-0.4, -0.2) is 12.2 Å². The quantitative estimate of drug-likeness (QED) is 0.526. The third-order valence-electron chi connectivity index (χ3n) is 2.47. The van der Waals surface area contributed by atoms with Gasteiger partial charge in [-0.3, -0.25) is 0 Å². The Kier molecular flexibility index (Phi) is 1.80. The third-order valence-corrected chi connectivity index (χ3v) is 2.47. The summed E-state index contributed by atoms with van der Waals surface area (Å²) in [5.74, 6) is 0.667. The van der Waals surface area contributed by atoms with Gasteiger partial charge in [-0.25, -0.2) is 0 Å². The number of rotatable bonds is 1. The summed E-state index contributed by atoms with van der Waals surface area (Å²) in [6.07, 6.45) is 2.49. The highest BCUT2D eigenvalue weighted by Gasteiger charge is 2.32. The van der Waals surface area contributed by atoms with E-state index in [9.17, 15) is 0 Å². The van der Waals surface area contributed by atoms with E-state index in [1.54, 1.807) is 0 Å². The van der Waals surface area contributed by atoms with Crippen LogP contribution in [0.2, 0.25) is 0 Å². The van der Waals surface area contributed by atoms with Gasteiger partial charge in [0.1, 0.15) is 0 Å². The van der Waals surface area contributed by atoms with E-state index in [1.165, 1.54) is 12.8 Å². The summed E-state index contributed by atoms with van der Waals surface area (Å²) >= 11 is 0. The summed E-state index contributed by atoms with van der Waals surface area (Å²) in [6, 6.07) is 0. The van der Waals surface area contributed by atoms with Gasteiger partial charge in [0.25, 0.3) is 0 Å². The maximum absolute atomic E-state index is 5.60. The van der Waals surface area contributed by atoms with Crippen LogP contribution in [0, 0.1) is 5.92 Å². The van der Waals surface area contributed by atoms with Crippen LogP contribution >= 0.6 is 0 Å². The molecule has 1 aliphatic heterocycles. The minimum Gasteiger partial charge on any atom is -0.375 e. The number of hydrogen-bond acceptors (Lipinski definition) is 1. The normalized spacial score (nSPS) is 36.0. The predicted molar refractivity (Wildman–Crippen MR) is 38.4 cm³/mol. The zero-order valence-corrected chi connectivity index (χ0v) is 6.61. The second-order valence-corrected chi connectivity index (χ2v) is 3.42. The molecule has 1 fully saturated rings. The number of hydrogen-bond donors (Lipinski definition) is 0. The minimum atomic E-state index is 0.194. The van der Waals surface area contributed by atoms with E-state index in [0.29, 0.717) is 5.92 Å². The van der Waals surface area contributed by atoms with Gasteiger partial charge in [-0.15, -0.1) is 0 Å². The Morgan fingerprint density at radius 1 is 1.44 bits per heavy atom. The van der Waals surface area contributed by atoms with E-state index in [4.69, 9.17) is 4.74 Å². The molecule has 0 N–H and O–H groups in total. The van der Waals surface area contributed by atoms with Gasteiger partial charge in [0.2, 0.25) is 0 Å². The van der Waals surface area contributed by atoms with Crippen molar-refractivity contribution < 1.29 is 4.74 Å². The molecule has 1 aliphatic rings. The molecule has 1 nitrogen and oxygen atoms in total. The van der Waals surface area contributed by atoms with Crippen LogP contribution in [0.1, 0.15) is 33.6 Å². The largest absolute Gasteiger partial charge is 0.375 e. The van der Waals surface area contributed by atoms with Gasteiger partial charge in [0, 0.05) is 6.61 Å². The Bertz CT molecular complexity index is 90.7. The molecule has 0 bridgehead atoms. The highest BCUT2D eigenvalue weighted by molar-refractivity contribution is 4.82. The third kappa shape index (κ3) is 1.26. The zero-order chi connectivity index (χ0) is 6.91. The fourth-order valence-electron chi connectivity index (χ4n) is 1.26. The molecule has 0 spiro atoms. The summed E-state index contributed by atoms with van der Waals surface area (Å²) in [4.78, 5) is 0. The van der Waals surface area contributed by atoms with E-state index < -0.39 is 0 Å². The van der Waals surface area contributed by atoms with Gasteiger partial charge in [-0.1, -0.05) is 13.8 Å². The first-order valence-electron chi connectivity index (χ1n) is 3.79. The Hall–Kier alpha value is -0.0400. The van der Waals surface area contributed by atoms with Crippen LogP contribution in [-0.2, 0) is 4.74 Å². The van der Waals surface area contributed by atoms with E-state index >= 15 is 0 Å². The van der Waals surface area contributed by atoms with Gasteiger partial charge in [0.05, 0.1) is 5.60 Å². The molecule has 0 aromatic heterocycles. The Morgan fingerprint density at radius 3 is 2.33 bits per heavy atom. The maximum Gasteiger partial charge on any atom is 0.0678 e. The van der Waals surface area contributed by atoms with Crippen molar-refractivity contribution >= 4 is 0 Å². The first-order chi connectivity index (χ1) is 4.15. The smallest absolute Gasteiger partial charge is 0.0678 e. The van der Waals surface area contributed by atoms with E-state index in [0.717, 1.165) is 6.61 Å². The average Bonchev–Trinajstić information content (AvgIpc) is 2.16. The summed E-state index contributed by atoms with van der Waals surface area (Å²) in [7, 11) is 0. The van der Waals surface area contributed by atoms with Gasteiger partial charge in [0.15, 0.2) is 0 Å². The monoisotopic (exact) mass is 128 g/mol. The topological polar surface area (TPSA) is 9.23 Å². The van der Waals surface area contributed by atoms with Crippen molar-refractivity contribution in [3.8, 4) is 0 Å². The maximum atomic E-state index is 5.60. The molecule has 1 atom stereocenters. The standard InChI is InChI=1S/C8H16O/c1-7(2)8(3)5-4-6-9-8/h7H,4-6H2,1-3H3/t8-/m1/s1. The van der Waals surface area contributed by atoms with Gasteiger partial charge < -0.3 is 4.74 Å². The van der Waals surface area contributed by atoms with Crippen molar-refractivity contribution in [1.29, 1.82) is 0 Å². The molecule has 1 saturated heterocycles. The summed E-state index contributed by atoms with van der Waals surface area (Å²) in [5, 5.41) is 0. The summed E-state index contributed by atoms with van der Waals surface area (Å²) in [5.41, 5.74) is 0.194. The van der Waals surface area contributed by atoms with E-state index in [-0.39, 0.29) is 5.60 Å². The van der Waals surface area contributed by atoms with E-state index in [1.807, 2.05) is 0 Å². The predicted octanol–water partition coefficient (Wildman–Crippen LogP) is 2.21. The van der Waals surface area contributed by atoms with Gasteiger partial charge in [-0.05, 0) is 25.7 Å². The van der Waals surface area contributed by atoms with Crippen LogP contribution in [0.5, 0.6) is 0 Å². The van der Waals surface area contributed by atoms with Crippen molar-refractivity contribution in [2.24, 2.45) is 5.92 Å². The SMILES string of the molecule is CC(C)[C@@]1(C)CCCO1. The van der Waals surface area contributed by atoms with Gasteiger partial charge in [-0.2, -0.15) is 0 Å². The van der Waals surface area contributed by atoms with Crippen molar-refractivity contribution in [2.45, 2.75) is 39.2 Å². The lowest BCUT2D eigenvalue weighted by Gasteiger charge is -2.27. The highest BCUT2D eigenvalue weighted by atomic mass is 16.5.